The predicted octanol–water partition coefficient (Wildman–Crippen LogP) is 2.71. The van der Waals surface area contributed by atoms with E-state index in [1.807, 2.05) is 24.3 Å². The van der Waals surface area contributed by atoms with Gasteiger partial charge in [-0.1, -0.05) is 30.3 Å². The Kier molecular flexibility index (Phi) is 4.11. The molecule has 7 heteroatoms. The average molecular weight is 335 g/mol. The molecule has 126 valence electrons. The van der Waals surface area contributed by atoms with Crippen LogP contribution in [0.15, 0.2) is 47.9 Å². The lowest BCUT2D eigenvalue weighted by atomic mass is 10.0. The molecule has 0 spiro atoms. The van der Waals surface area contributed by atoms with Gasteiger partial charge in [-0.25, -0.2) is 15.0 Å². The van der Waals surface area contributed by atoms with Crippen LogP contribution < -0.4 is 5.01 Å². The molecule has 0 saturated carbocycles. The Labute approximate surface area is 145 Å². The molecule has 0 saturated heterocycles. The normalized spacial score (nSPS) is 17.0. The first-order chi connectivity index (χ1) is 11.9. The molecule has 0 aliphatic carbocycles. The van der Waals surface area contributed by atoms with E-state index in [9.17, 15) is 15.2 Å². The Morgan fingerprint density at radius 1 is 1.20 bits per heavy atom. The highest BCUT2D eigenvalue weighted by Crippen LogP contribution is 2.40. The topological polar surface area (TPSA) is 93.3 Å². The number of nitriles is 1. The Balaban J connectivity index is 2.20. The van der Waals surface area contributed by atoms with Gasteiger partial charge >= 0.3 is 0 Å². The fraction of sp³-hybridized carbons (Fsp3) is 0.222. The van der Waals surface area contributed by atoms with Gasteiger partial charge in [0.25, 0.3) is 5.95 Å². The van der Waals surface area contributed by atoms with Gasteiger partial charge in [-0.3, -0.25) is 4.79 Å². The first kappa shape index (κ1) is 16.5. The van der Waals surface area contributed by atoms with Crippen molar-refractivity contribution in [3.05, 3.63) is 64.8 Å². The summed E-state index contributed by atoms with van der Waals surface area (Å²) in [5.74, 6) is -0.527. The van der Waals surface area contributed by atoms with Crippen LogP contribution in [0.2, 0.25) is 0 Å². The first-order valence-corrected chi connectivity index (χ1v) is 7.74. The summed E-state index contributed by atoms with van der Waals surface area (Å²) in [7, 11) is 0. The number of hydrogen-bond donors (Lipinski definition) is 1. The van der Waals surface area contributed by atoms with Gasteiger partial charge in [0, 0.05) is 18.3 Å². The third kappa shape index (κ3) is 2.78. The van der Waals surface area contributed by atoms with Crippen LogP contribution in [0.3, 0.4) is 0 Å². The summed E-state index contributed by atoms with van der Waals surface area (Å²) in [4.78, 5) is 21.0. The molecule has 0 bridgehead atoms. The summed E-state index contributed by atoms with van der Waals surface area (Å²) in [6.45, 7) is 4.97. The van der Waals surface area contributed by atoms with Gasteiger partial charge in [0.05, 0.1) is 0 Å². The Hall–Kier alpha value is -3.40. The third-order valence-corrected chi connectivity index (χ3v) is 3.89. The zero-order valence-electron chi connectivity index (χ0n) is 14.1. The van der Waals surface area contributed by atoms with Gasteiger partial charge < -0.3 is 5.11 Å². The number of carbonyl (C=O) groups is 1. The van der Waals surface area contributed by atoms with Gasteiger partial charge in [-0.15, -0.1) is 0 Å². The summed E-state index contributed by atoms with van der Waals surface area (Å²) >= 11 is 0. The van der Waals surface area contributed by atoms with E-state index in [0.717, 1.165) is 0 Å². The number of hydrazine groups is 1. The molecule has 0 unspecified atom stereocenters. The highest BCUT2D eigenvalue weighted by Gasteiger charge is 2.44. The van der Waals surface area contributed by atoms with Crippen LogP contribution in [0.1, 0.15) is 29.9 Å². The molecular formula is C18H17N5O2. The second-order valence-corrected chi connectivity index (χ2v) is 5.79. The average Bonchev–Trinajstić information content (AvgIpc) is 2.87. The van der Waals surface area contributed by atoms with Gasteiger partial charge in [0.15, 0.2) is 0 Å². The fourth-order valence-electron chi connectivity index (χ4n) is 2.95. The number of carbonyl (C=O) groups excluding carboxylic acids is 1. The van der Waals surface area contributed by atoms with Crippen molar-refractivity contribution in [2.45, 2.75) is 26.8 Å². The van der Waals surface area contributed by atoms with E-state index in [4.69, 9.17) is 0 Å². The lowest BCUT2D eigenvalue weighted by molar-refractivity contribution is -0.130. The minimum absolute atomic E-state index is 0.0733. The van der Waals surface area contributed by atoms with Crippen LogP contribution in [-0.4, -0.2) is 26.0 Å². The summed E-state index contributed by atoms with van der Waals surface area (Å²) in [6.07, 6.45) is 0. The molecule has 1 aliphatic rings. The maximum Gasteiger partial charge on any atom is 0.252 e. The number of amides is 1. The largest absolute Gasteiger partial charge is 0.492 e. The minimum Gasteiger partial charge on any atom is -0.492 e. The van der Waals surface area contributed by atoms with E-state index in [1.54, 1.807) is 32.0 Å². The lowest BCUT2D eigenvalue weighted by Gasteiger charge is -2.31. The van der Waals surface area contributed by atoms with Crippen molar-refractivity contribution in [3.63, 3.8) is 0 Å². The van der Waals surface area contributed by atoms with Crippen molar-refractivity contribution in [3.8, 4) is 6.07 Å². The maximum absolute atomic E-state index is 12.4. The van der Waals surface area contributed by atoms with E-state index in [2.05, 4.69) is 9.97 Å². The van der Waals surface area contributed by atoms with Crippen LogP contribution in [0, 0.1) is 25.2 Å². The molecule has 0 fully saturated rings. The maximum atomic E-state index is 12.4. The minimum atomic E-state index is -0.729. The third-order valence-electron chi connectivity index (χ3n) is 3.89. The highest BCUT2D eigenvalue weighted by molar-refractivity contribution is 5.79. The molecule has 0 radical (unpaired) electrons. The Morgan fingerprint density at radius 3 is 2.32 bits per heavy atom. The smallest absolute Gasteiger partial charge is 0.252 e. The number of rotatable bonds is 2. The first-order valence-electron chi connectivity index (χ1n) is 7.74. The zero-order valence-corrected chi connectivity index (χ0v) is 14.1. The number of anilines is 1. The second kappa shape index (κ2) is 6.24. The van der Waals surface area contributed by atoms with E-state index in [0.29, 0.717) is 17.0 Å². The Bertz CT molecular complexity index is 881. The molecule has 25 heavy (non-hydrogen) atoms. The standard InChI is InChI=1S/C18H17N5O2/c1-11-9-12(2)21-18(20-11)23-17(25)15(10-19)16(22(23)13(3)24)14-7-5-4-6-8-14/h4-9,16,25H,1-3H3/t16-/m0/s1. The molecule has 2 heterocycles. The monoisotopic (exact) mass is 335 g/mol. The van der Waals surface area contributed by atoms with Crippen molar-refractivity contribution >= 4 is 11.9 Å². The molecule has 1 aromatic heterocycles. The molecule has 1 aromatic carbocycles. The lowest BCUT2D eigenvalue weighted by Crippen LogP contribution is -2.43. The van der Waals surface area contributed by atoms with Crippen molar-refractivity contribution in [2.75, 3.05) is 5.01 Å². The molecule has 1 amide bonds. The van der Waals surface area contributed by atoms with Gasteiger partial charge in [-0.05, 0) is 25.5 Å². The second-order valence-electron chi connectivity index (χ2n) is 5.79. The Morgan fingerprint density at radius 2 is 1.80 bits per heavy atom. The van der Waals surface area contributed by atoms with Gasteiger partial charge in [-0.2, -0.15) is 10.3 Å². The number of aryl methyl sites for hydroxylation is 2. The summed E-state index contributed by atoms with van der Waals surface area (Å²) < 4.78 is 0. The number of hydrogen-bond acceptors (Lipinski definition) is 6. The highest BCUT2D eigenvalue weighted by atomic mass is 16.3. The predicted molar refractivity (Wildman–Crippen MR) is 91.0 cm³/mol. The quantitative estimate of drug-likeness (QED) is 0.907. The van der Waals surface area contributed by atoms with Crippen LogP contribution >= 0.6 is 0 Å². The van der Waals surface area contributed by atoms with Crippen molar-refractivity contribution in [1.82, 2.24) is 15.0 Å². The number of nitrogens with zero attached hydrogens (tertiary/aromatic N) is 5. The summed E-state index contributed by atoms with van der Waals surface area (Å²) in [5, 5.41) is 22.7. The summed E-state index contributed by atoms with van der Waals surface area (Å²) in [6, 6.07) is 12.2. The molecule has 7 nitrogen and oxygen atoms in total. The van der Waals surface area contributed by atoms with Crippen molar-refractivity contribution in [1.29, 1.82) is 5.26 Å². The zero-order chi connectivity index (χ0) is 18.1. The number of aromatic nitrogens is 2. The van der Waals surface area contributed by atoms with Gasteiger partial charge in [0.2, 0.25) is 11.8 Å². The van der Waals surface area contributed by atoms with E-state index in [-0.39, 0.29) is 23.3 Å². The molecule has 1 aliphatic heterocycles. The van der Waals surface area contributed by atoms with E-state index < -0.39 is 6.04 Å². The van der Waals surface area contributed by atoms with Crippen molar-refractivity contribution in [2.24, 2.45) is 0 Å². The molecule has 3 rings (SSSR count). The van der Waals surface area contributed by atoms with Crippen LogP contribution in [-0.2, 0) is 4.79 Å². The summed E-state index contributed by atoms with van der Waals surface area (Å²) in [5.41, 5.74) is 2.18. The van der Waals surface area contributed by atoms with Gasteiger partial charge in [0.1, 0.15) is 17.7 Å². The molecule has 2 aromatic rings. The van der Waals surface area contributed by atoms with Crippen molar-refractivity contribution < 1.29 is 9.90 Å². The van der Waals surface area contributed by atoms with E-state index >= 15 is 0 Å². The number of aliphatic hydroxyl groups excluding tert-OH is 1. The van der Waals surface area contributed by atoms with E-state index in [1.165, 1.54) is 16.9 Å². The molecule has 1 atom stereocenters. The van der Waals surface area contributed by atoms with Crippen LogP contribution in [0.25, 0.3) is 0 Å². The fourth-order valence-corrected chi connectivity index (χ4v) is 2.95. The van der Waals surface area contributed by atoms with Crippen LogP contribution in [0.4, 0.5) is 5.95 Å². The molecular weight excluding hydrogens is 318 g/mol. The number of aliphatic hydroxyl groups is 1. The number of benzene rings is 1. The SMILES string of the molecule is CC(=O)N1[C@@H](c2ccccc2)C(C#N)=C(O)N1c1nc(C)cc(C)n1. The molecule has 1 N–H and O–H groups in total. The van der Waals surface area contributed by atoms with Crippen LogP contribution in [0.5, 0.6) is 0 Å².